The summed E-state index contributed by atoms with van der Waals surface area (Å²) < 4.78 is 26.0. The lowest BCUT2D eigenvalue weighted by Gasteiger charge is -2.10. The SMILES string of the molecule is CC(C)S(=O)(=O)c1ccc(C(=O)Nc2c3c(nn2C)CCC3)cc1. The molecule has 0 spiro atoms. The Morgan fingerprint density at radius 3 is 2.50 bits per heavy atom. The molecule has 0 saturated carbocycles. The smallest absolute Gasteiger partial charge is 0.256 e. The summed E-state index contributed by atoms with van der Waals surface area (Å²) in [7, 11) is -1.52. The Balaban J connectivity index is 1.82. The Kier molecular flexibility index (Phi) is 4.21. The molecule has 1 N–H and O–H groups in total. The highest BCUT2D eigenvalue weighted by Crippen LogP contribution is 2.28. The predicted molar refractivity (Wildman–Crippen MR) is 92.0 cm³/mol. The summed E-state index contributed by atoms with van der Waals surface area (Å²) >= 11 is 0. The van der Waals surface area contributed by atoms with E-state index >= 15 is 0 Å². The van der Waals surface area contributed by atoms with Crippen LogP contribution in [0.4, 0.5) is 5.82 Å². The molecule has 1 amide bonds. The second-order valence-corrected chi connectivity index (χ2v) is 8.83. The number of nitrogens with zero attached hydrogens (tertiary/aromatic N) is 2. The zero-order chi connectivity index (χ0) is 17.5. The van der Waals surface area contributed by atoms with Gasteiger partial charge in [0.2, 0.25) is 0 Å². The van der Waals surface area contributed by atoms with E-state index < -0.39 is 15.1 Å². The first-order valence-corrected chi connectivity index (χ1v) is 9.55. The van der Waals surface area contributed by atoms with Crippen LogP contribution in [0.2, 0.25) is 0 Å². The van der Waals surface area contributed by atoms with E-state index in [-0.39, 0.29) is 10.8 Å². The molecule has 0 saturated heterocycles. The van der Waals surface area contributed by atoms with Gasteiger partial charge in [-0.05, 0) is 57.4 Å². The molecule has 1 aromatic carbocycles. The average Bonchev–Trinajstić information content (AvgIpc) is 3.10. The number of amides is 1. The van der Waals surface area contributed by atoms with Gasteiger partial charge in [-0.1, -0.05) is 0 Å². The van der Waals surface area contributed by atoms with E-state index in [1.54, 1.807) is 30.7 Å². The van der Waals surface area contributed by atoms with Gasteiger partial charge in [0.25, 0.3) is 5.91 Å². The first-order chi connectivity index (χ1) is 11.3. The molecule has 0 atom stereocenters. The molecule has 0 fully saturated rings. The van der Waals surface area contributed by atoms with Crippen molar-refractivity contribution in [1.82, 2.24) is 9.78 Å². The number of nitrogens with one attached hydrogen (secondary N) is 1. The Morgan fingerprint density at radius 1 is 1.21 bits per heavy atom. The minimum atomic E-state index is -3.33. The first kappa shape index (κ1) is 16.7. The van der Waals surface area contributed by atoms with E-state index in [4.69, 9.17) is 0 Å². The fourth-order valence-corrected chi connectivity index (χ4v) is 3.98. The lowest BCUT2D eigenvalue weighted by Crippen LogP contribution is -2.17. The predicted octanol–water partition coefficient (Wildman–Crippen LogP) is 2.34. The molecule has 24 heavy (non-hydrogen) atoms. The molecule has 1 aliphatic rings. The number of carbonyl (C=O) groups excluding carboxylic acids is 1. The summed E-state index contributed by atoms with van der Waals surface area (Å²) in [5.74, 6) is 0.465. The van der Waals surface area contributed by atoms with Crippen LogP contribution in [0.1, 0.15) is 41.9 Å². The molecule has 0 aliphatic heterocycles. The highest BCUT2D eigenvalue weighted by molar-refractivity contribution is 7.92. The highest BCUT2D eigenvalue weighted by Gasteiger charge is 2.23. The fourth-order valence-electron chi connectivity index (χ4n) is 2.92. The van der Waals surface area contributed by atoms with Crippen molar-refractivity contribution in [1.29, 1.82) is 0 Å². The van der Waals surface area contributed by atoms with Crippen LogP contribution in [0.5, 0.6) is 0 Å². The lowest BCUT2D eigenvalue weighted by molar-refractivity contribution is 0.102. The van der Waals surface area contributed by atoms with Crippen molar-refractivity contribution in [3.05, 3.63) is 41.1 Å². The van der Waals surface area contributed by atoms with E-state index in [1.807, 2.05) is 7.05 Å². The van der Waals surface area contributed by atoms with Gasteiger partial charge in [-0.2, -0.15) is 5.10 Å². The minimum absolute atomic E-state index is 0.232. The third-order valence-electron chi connectivity index (χ3n) is 4.37. The van der Waals surface area contributed by atoms with Gasteiger partial charge in [-0.15, -0.1) is 0 Å². The van der Waals surface area contributed by atoms with Crippen LogP contribution in [-0.4, -0.2) is 29.4 Å². The number of sulfone groups is 1. The van der Waals surface area contributed by atoms with Crippen LogP contribution < -0.4 is 5.32 Å². The van der Waals surface area contributed by atoms with E-state index in [0.29, 0.717) is 5.56 Å². The second kappa shape index (κ2) is 6.05. The third kappa shape index (κ3) is 2.84. The first-order valence-electron chi connectivity index (χ1n) is 8.00. The molecule has 1 aliphatic carbocycles. The van der Waals surface area contributed by atoms with Gasteiger partial charge in [-0.25, -0.2) is 8.42 Å². The number of hydrogen-bond acceptors (Lipinski definition) is 4. The van der Waals surface area contributed by atoms with E-state index in [0.717, 1.165) is 36.3 Å². The number of aryl methyl sites for hydroxylation is 2. The fraction of sp³-hybridized carbons (Fsp3) is 0.412. The minimum Gasteiger partial charge on any atom is -0.307 e. The Labute approximate surface area is 141 Å². The molecular weight excluding hydrogens is 326 g/mol. The maximum Gasteiger partial charge on any atom is 0.256 e. The van der Waals surface area contributed by atoms with E-state index in [1.165, 1.54) is 12.1 Å². The summed E-state index contributed by atoms with van der Waals surface area (Å²) in [6, 6.07) is 6.05. The number of aromatic nitrogens is 2. The van der Waals surface area contributed by atoms with Crippen molar-refractivity contribution < 1.29 is 13.2 Å². The number of carbonyl (C=O) groups is 1. The zero-order valence-corrected chi connectivity index (χ0v) is 14.9. The number of rotatable bonds is 4. The highest BCUT2D eigenvalue weighted by atomic mass is 32.2. The topological polar surface area (TPSA) is 81.1 Å². The molecule has 1 aromatic heterocycles. The largest absolute Gasteiger partial charge is 0.307 e. The monoisotopic (exact) mass is 347 g/mol. The lowest BCUT2D eigenvalue weighted by atomic mass is 10.2. The Morgan fingerprint density at radius 2 is 1.88 bits per heavy atom. The maximum atomic E-state index is 12.5. The molecule has 0 radical (unpaired) electrons. The van der Waals surface area contributed by atoms with E-state index in [9.17, 15) is 13.2 Å². The van der Waals surface area contributed by atoms with Gasteiger partial charge in [0.05, 0.1) is 15.8 Å². The van der Waals surface area contributed by atoms with Gasteiger partial charge in [0.15, 0.2) is 9.84 Å². The summed E-state index contributed by atoms with van der Waals surface area (Å²) in [6.45, 7) is 3.28. The quantitative estimate of drug-likeness (QED) is 0.920. The van der Waals surface area contributed by atoms with Gasteiger partial charge < -0.3 is 5.32 Å². The van der Waals surface area contributed by atoms with Crippen LogP contribution in [-0.2, 0) is 29.7 Å². The van der Waals surface area contributed by atoms with Gasteiger partial charge in [0, 0.05) is 18.2 Å². The molecule has 0 unspecified atom stereocenters. The summed E-state index contributed by atoms with van der Waals surface area (Å²) in [5.41, 5.74) is 2.57. The van der Waals surface area contributed by atoms with E-state index in [2.05, 4.69) is 10.4 Å². The van der Waals surface area contributed by atoms with Crippen molar-refractivity contribution in [2.75, 3.05) is 5.32 Å². The molecule has 6 nitrogen and oxygen atoms in total. The molecule has 7 heteroatoms. The molecular formula is C17H21N3O3S. The molecule has 128 valence electrons. The number of benzene rings is 1. The van der Waals surface area contributed by atoms with Crippen LogP contribution >= 0.6 is 0 Å². The molecule has 3 rings (SSSR count). The Bertz CT molecular complexity index is 881. The van der Waals surface area contributed by atoms with Crippen molar-refractivity contribution in [2.24, 2.45) is 7.05 Å². The van der Waals surface area contributed by atoms with Crippen LogP contribution in [0, 0.1) is 0 Å². The summed E-state index contributed by atoms with van der Waals surface area (Å²) in [6.07, 6.45) is 2.92. The van der Waals surface area contributed by atoms with Crippen molar-refractivity contribution in [2.45, 2.75) is 43.3 Å². The van der Waals surface area contributed by atoms with Crippen LogP contribution in [0.3, 0.4) is 0 Å². The van der Waals surface area contributed by atoms with Crippen LogP contribution in [0.25, 0.3) is 0 Å². The average molecular weight is 347 g/mol. The number of anilines is 1. The summed E-state index contributed by atoms with van der Waals surface area (Å²) in [4.78, 5) is 12.7. The van der Waals surface area contributed by atoms with Crippen molar-refractivity contribution in [3.8, 4) is 0 Å². The standard InChI is InChI=1S/C17H21N3O3S/c1-11(2)24(22,23)13-9-7-12(8-10-13)17(21)18-16-14-5-4-6-15(14)19-20(16)3/h7-11H,4-6H2,1-3H3,(H,18,21). The van der Waals surface area contributed by atoms with Crippen molar-refractivity contribution >= 4 is 21.6 Å². The molecule has 0 bridgehead atoms. The van der Waals surface area contributed by atoms with Gasteiger partial charge in [-0.3, -0.25) is 9.48 Å². The Hall–Kier alpha value is -2.15. The molecule has 1 heterocycles. The second-order valence-electron chi connectivity index (χ2n) is 6.32. The zero-order valence-electron chi connectivity index (χ0n) is 14.0. The molecule has 2 aromatic rings. The maximum absolute atomic E-state index is 12.5. The third-order valence-corrected chi connectivity index (χ3v) is 6.54. The normalized spacial score (nSPS) is 14.0. The van der Waals surface area contributed by atoms with Gasteiger partial charge in [0.1, 0.15) is 5.82 Å². The van der Waals surface area contributed by atoms with Crippen LogP contribution in [0.15, 0.2) is 29.2 Å². The summed E-state index contributed by atoms with van der Waals surface area (Å²) in [5, 5.41) is 6.83. The van der Waals surface area contributed by atoms with Gasteiger partial charge >= 0.3 is 0 Å². The van der Waals surface area contributed by atoms with Crippen molar-refractivity contribution in [3.63, 3.8) is 0 Å². The number of hydrogen-bond donors (Lipinski definition) is 1. The number of fused-ring (bicyclic) bond motifs is 1.